The van der Waals surface area contributed by atoms with Gasteiger partial charge in [-0.2, -0.15) is 0 Å². The van der Waals surface area contributed by atoms with Crippen LogP contribution in [-0.2, 0) is 0 Å². The van der Waals surface area contributed by atoms with Crippen molar-refractivity contribution >= 4 is 0 Å². The Labute approximate surface area is 129 Å². The van der Waals surface area contributed by atoms with E-state index in [2.05, 4.69) is 0 Å². The van der Waals surface area contributed by atoms with E-state index in [-0.39, 0.29) is 30.9 Å². The largest absolute Gasteiger partial charge is 0.390 e. The average molecular weight is 306 g/mol. The average Bonchev–Trinajstić information content (AvgIpc) is 2.37. The quantitative estimate of drug-likeness (QED) is 0.502. The van der Waals surface area contributed by atoms with Crippen LogP contribution < -0.4 is 0 Å². The van der Waals surface area contributed by atoms with Crippen LogP contribution in [0.3, 0.4) is 0 Å². The summed E-state index contributed by atoms with van der Waals surface area (Å²) >= 11 is 0. The predicted molar refractivity (Wildman–Crippen MR) is 84.9 cm³/mol. The zero-order valence-corrected chi connectivity index (χ0v) is 15.1. The van der Waals surface area contributed by atoms with Crippen molar-refractivity contribution in [3.8, 4) is 0 Å². The summed E-state index contributed by atoms with van der Waals surface area (Å²) in [5.74, 6) is 0. The molecular formula is C16H36NO4+. The number of nitrogens with zero attached hydrogens (tertiary/aromatic N) is 1. The molecule has 0 aromatic rings. The minimum Gasteiger partial charge on any atom is -0.390 e. The Morgan fingerprint density at radius 1 is 0.476 bits per heavy atom. The normalized spacial score (nSPS) is 15.4. The molecule has 0 aromatic heterocycles. The van der Waals surface area contributed by atoms with E-state index in [1.54, 1.807) is 0 Å². The van der Waals surface area contributed by atoms with Crippen LogP contribution in [0.1, 0.15) is 55.4 Å². The first-order valence-electron chi connectivity index (χ1n) is 7.57. The fraction of sp³-hybridized carbons (Fsp3) is 1.00. The first-order valence-corrected chi connectivity index (χ1v) is 7.57. The lowest BCUT2D eigenvalue weighted by atomic mass is 9.73. The lowest BCUT2D eigenvalue weighted by molar-refractivity contribution is -1.09. The Bertz CT molecular complexity index is 279. The summed E-state index contributed by atoms with van der Waals surface area (Å²) in [6.45, 7) is 14.8. The first kappa shape index (κ1) is 20.8. The first-order chi connectivity index (χ1) is 9.24. The lowest BCUT2D eigenvalue weighted by Gasteiger charge is -2.70. The standard InChI is InChI=1S/C16H36NO4/c1-13(2,9-18)17(14(3,4)10-19,15(5,6)11-20)16(7,8)12-21/h18-21H,9-12H2,1-8H3/q+1. The van der Waals surface area contributed by atoms with E-state index in [0.29, 0.717) is 0 Å². The Morgan fingerprint density at radius 3 is 0.714 bits per heavy atom. The number of quaternary nitrogens is 1. The van der Waals surface area contributed by atoms with E-state index < -0.39 is 22.2 Å². The van der Waals surface area contributed by atoms with E-state index >= 15 is 0 Å². The van der Waals surface area contributed by atoms with Crippen molar-refractivity contribution in [1.29, 1.82) is 0 Å². The third-order valence-corrected chi connectivity index (χ3v) is 5.18. The molecule has 0 saturated carbocycles. The summed E-state index contributed by atoms with van der Waals surface area (Å²) in [6.07, 6.45) is 0. The van der Waals surface area contributed by atoms with Crippen LogP contribution in [0.5, 0.6) is 0 Å². The van der Waals surface area contributed by atoms with Gasteiger partial charge in [-0.1, -0.05) is 0 Å². The van der Waals surface area contributed by atoms with Gasteiger partial charge in [-0.05, 0) is 55.4 Å². The predicted octanol–water partition coefficient (Wildman–Crippen LogP) is 0.887. The Balaban J connectivity index is 6.85. The van der Waals surface area contributed by atoms with Gasteiger partial charge in [0.15, 0.2) is 0 Å². The van der Waals surface area contributed by atoms with Crippen molar-refractivity contribution in [1.82, 2.24) is 0 Å². The van der Waals surface area contributed by atoms with E-state index in [1.165, 1.54) is 0 Å². The molecule has 0 bridgehead atoms. The van der Waals surface area contributed by atoms with Crippen molar-refractivity contribution in [3.63, 3.8) is 0 Å². The molecule has 4 N–H and O–H groups in total. The summed E-state index contributed by atoms with van der Waals surface area (Å²) in [5, 5.41) is 40.2. The van der Waals surface area contributed by atoms with Crippen molar-refractivity contribution in [2.24, 2.45) is 0 Å². The van der Waals surface area contributed by atoms with Gasteiger partial charge < -0.3 is 20.4 Å². The van der Waals surface area contributed by atoms with E-state index in [0.717, 1.165) is 0 Å². The van der Waals surface area contributed by atoms with E-state index in [4.69, 9.17) is 0 Å². The van der Waals surface area contributed by atoms with Crippen LogP contribution in [0.15, 0.2) is 0 Å². The highest BCUT2D eigenvalue weighted by Gasteiger charge is 2.67. The molecule has 0 aliphatic carbocycles. The maximum absolute atomic E-state index is 10.0. The van der Waals surface area contributed by atoms with Crippen molar-refractivity contribution in [3.05, 3.63) is 0 Å². The Kier molecular flexibility index (Phi) is 6.07. The summed E-state index contributed by atoms with van der Waals surface area (Å²) in [4.78, 5) is 0. The van der Waals surface area contributed by atoms with Gasteiger partial charge in [0.1, 0.15) is 22.2 Å². The number of hydrogen-bond acceptors (Lipinski definition) is 4. The third kappa shape index (κ3) is 2.75. The molecule has 0 aliphatic rings. The number of aliphatic hydroxyl groups excluding tert-OH is 4. The minimum absolute atomic E-state index is 0.122. The molecule has 5 heteroatoms. The molecule has 0 radical (unpaired) electrons. The second-order valence-corrected chi connectivity index (χ2v) is 8.55. The molecular weight excluding hydrogens is 270 g/mol. The summed E-state index contributed by atoms with van der Waals surface area (Å²) in [6, 6.07) is 0. The SMILES string of the molecule is CC(C)(CO)[N+](C(C)(C)CO)(C(C)(C)CO)C(C)(C)CO. The molecule has 0 fully saturated rings. The maximum Gasteiger partial charge on any atom is 0.118 e. The summed E-state index contributed by atoms with van der Waals surface area (Å²) in [5.41, 5.74) is -2.70. The van der Waals surface area contributed by atoms with Crippen molar-refractivity contribution < 1.29 is 24.9 Å². The van der Waals surface area contributed by atoms with Gasteiger partial charge in [-0.25, -0.2) is 0 Å². The van der Waals surface area contributed by atoms with Crippen LogP contribution in [0.4, 0.5) is 0 Å². The zero-order chi connectivity index (χ0) is 17.3. The summed E-state index contributed by atoms with van der Waals surface area (Å²) < 4.78 is 0.181. The van der Waals surface area contributed by atoms with Crippen LogP contribution >= 0.6 is 0 Å². The Hall–Kier alpha value is -0.200. The minimum atomic E-state index is -0.676. The van der Waals surface area contributed by atoms with Crippen molar-refractivity contribution in [2.75, 3.05) is 26.4 Å². The Morgan fingerprint density at radius 2 is 0.619 bits per heavy atom. The fourth-order valence-electron chi connectivity index (χ4n) is 5.34. The molecule has 5 nitrogen and oxygen atoms in total. The molecule has 0 aromatic carbocycles. The molecule has 0 atom stereocenters. The van der Waals surface area contributed by atoms with Gasteiger partial charge in [-0.15, -0.1) is 0 Å². The topological polar surface area (TPSA) is 80.9 Å². The molecule has 0 heterocycles. The van der Waals surface area contributed by atoms with E-state index in [1.807, 2.05) is 55.4 Å². The molecule has 0 saturated heterocycles. The van der Waals surface area contributed by atoms with Crippen molar-refractivity contribution in [2.45, 2.75) is 77.5 Å². The van der Waals surface area contributed by atoms with Gasteiger partial charge in [-0.3, -0.25) is 4.48 Å². The third-order valence-electron chi connectivity index (χ3n) is 5.18. The molecule has 0 rings (SSSR count). The van der Waals surface area contributed by atoms with E-state index in [9.17, 15) is 20.4 Å². The molecule has 0 spiro atoms. The van der Waals surface area contributed by atoms with Crippen LogP contribution in [-0.4, -0.2) is 73.5 Å². The highest BCUT2D eigenvalue weighted by Crippen LogP contribution is 2.50. The highest BCUT2D eigenvalue weighted by atomic mass is 16.3. The van der Waals surface area contributed by atoms with Crippen LogP contribution in [0.2, 0.25) is 0 Å². The zero-order valence-electron chi connectivity index (χ0n) is 15.1. The molecule has 128 valence electrons. The fourth-order valence-corrected chi connectivity index (χ4v) is 5.34. The molecule has 0 amide bonds. The van der Waals surface area contributed by atoms with Gasteiger partial charge in [0.25, 0.3) is 0 Å². The van der Waals surface area contributed by atoms with Gasteiger partial charge in [0.05, 0.1) is 26.4 Å². The van der Waals surface area contributed by atoms with Gasteiger partial charge >= 0.3 is 0 Å². The number of aliphatic hydroxyl groups is 4. The molecule has 0 aliphatic heterocycles. The monoisotopic (exact) mass is 306 g/mol. The van der Waals surface area contributed by atoms with Gasteiger partial charge in [0, 0.05) is 0 Å². The highest BCUT2D eigenvalue weighted by molar-refractivity contribution is 4.94. The number of rotatable bonds is 8. The maximum atomic E-state index is 10.0. The number of hydrogen-bond donors (Lipinski definition) is 4. The molecule has 0 unspecified atom stereocenters. The smallest absolute Gasteiger partial charge is 0.118 e. The molecule has 21 heavy (non-hydrogen) atoms. The van der Waals surface area contributed by atoms with Gasteiger partial charge in [0.2, 0.25) is 0 Å². The second-order valence-electron chi connectivity index (χ2n) is 8.55. The summed E-state index contributed by atoms with van der Waals surface area (Å²) in [7, 11) is 0. The van der Waals surface area contributed by atoms with Crippen LogP contribution in [0.25, 0.3) is 0 Å². The van der Waals surface area contributed by atoms with Crippen LogP contribution in [0, 0.1) is 0 Å². The lowest BCUT2D eigenvalue weighted by Crippen LogP contribution is -2.88. The second kappa shape index (κ2) is 6.13.